The molecule has 1 aromatic heterocycles. The monoisotopic (exact) mass is 320 g/mol. The van der Waals surface area contributed by atoms with Crippen LogP contribution in [0.25, 0.3) is 21.7 Å². The minimum Gasteiger partial charge on any atom is -0.259 e. The summed E-state index contributed by atoms with van der Waals surface area (Å²) in [5, 5.41) is 3.56. The highest BCUT2D eigenvalue weighted by atomic mass is 14.8. The Kier molecular flexibility index (Phi) is 2.89. The number of para-hydroxylation sites is 1. The molecule has 0 amide bonds. The molecule has 0 saturated carbocycles. The minimum atomic E-state index is -0.451. The molecule has 2 nitrogen and oxygen atoms in total. The lowest BCUT2D eigenvalue weighted by Crippen LogP contribution is -2.24. The van der Waals surface area contributed by atoms with Crippen molar-refractivity contribution in [2.45, 2.75) is 5.41 Å². The Labute approximate surface area is 146 Å². The van der Waals surface area contributed by atoms with Crippen LogP contribution < -0.4 is 0 Å². The molecule has 0 saturated heterocycles. The lowest BCUT2D eigenvalue weighted by molar-refractivity contribution is 0.918. The first-order valence-electron chi connectivity index (χ1n) is 8.38. The smallest absolute Gasteiger partial charge is 0.0774 e. The molecule has 5 rings (SSSR count). The van der Waals surface area contributed by atoms with Crippen molar-refractivity contribution in [3.63, 3.8) is 0 Å². The Bertz CT molecular complexity index is 1170. The van der Waals surface area contributed by atoms with Crippen molar-refractivity contribution in [1.29, 1.82) is 0 Å². The van der Waals surface area contributed by atoms with Crippen molar-refractivity contribution in [1.82, 2.24) is 4.98 Å². The Morgan fingerprint density at radius 3 is 2.56 bits per heavy atom. The molecular weight excluding hydrogens is 304 g/mol. The molecule has 4 aromatic rings. The fourth-order valence-electron chi connectivity index (χ4n) is 3.83. The molecular formula is C23H16N2. The van der Waals surface area contributed by atoms with Gasteiger partial charge in [-0.1, -0.05) is 54.6 Å². The van der Waals surface area contributed by atoms with Crippen molar-refractivity contribution in [3.8, 4) is 0 Å². The van der Waals surface area contributed by atoms with Gasteiger partial charge in [-0.3, -0.25) is 9.98 Å². The molecule has 0 N–H and O–H groups in total. The standard InChI is InChI=1S/C23H16N2/c1-2-23(18-13-17-8-4-6-10-20(17)24-14-18)15-25-21-12-11-16-7-3-5-9-19(16)22(21)23/h2-15H,1H2. The van der Waals surface area contributed by atoms with Crippen LogP contribution in [0.15, 0.2) is 90.6 Å². The van der Waals surface area contributed by atoms with Crippen LogP contribution in [0.3, 0.4) is 0 Å². The lowest BCUT2D eigenvalue weighted by atomic mass is 9.75. The fourth-order valence-corrected chi connectivity index (χ4v) is 3.83. The molecule has 1 atom stereocenters. The molecule has 0 fully saturated rings. The zero-order valence-electron chi connectivity index (χ0n) is 13.7. The molecule has 1 unspecified atom stereocenters. The number of allylic oxidation sites excluding steroid dienone is 1. The second-order valence-corrected chi connectivity index (χ2v) is 6.43. The van der Waals surface area contributed by atoms with Crippen molar-refractivity contribution >= 4 is 33.6 Å². The van der Waals surface area contributed by atoms with Crippen LogP contribution in [0.5, 0.6) is 0 Å². The number of aromatic nitrogens is 1. The molecule has 0 aliphatic carbocycles. The van der Waals surface area contributed by atoms with Gasteiger partial charge in [-0.25, -0.2) is 0 Å². The number of rotatable bonds is 2. The topological polar surface area (TPSA) is 25.2 Å². The number of nitrogens with zero attached hydrogens (tertiary/aromatic N) is 2. The first kappa shape index (κ1) is 14.1. The lowest BCUT2D eigenvalue weighted by Gasteiger charge is -2.26. The normalized spacial score (nSPS) is 18.6. The minimum absolute atomic E-state index is 0.451. The van der Waals surface area contributed by atoms with Gasteiger partial charge in [-0.05, 0) is 34.5 Å². The van der Waals surface area contributed by atoms with Gasteiger partial charge in [0.2, 0.25) is 0 Å². The summed E-state index contributed by atoms with van der Waals surface area (Å²) in [5.74, 6) is 0. The summed E-state index contributed by atoms with van der Waals surface area (Å²) in [7, 11) is 0. The van der Waals surface area contributed by atoms with E-state index in [4.69, 9.17) is 4.99 Å². The van der Waals surface area contributed by atoms with Gasteiger partial charge in [0.25, 0.3) is 0 Å². The number of hydrogen-bond donors (Lipinski definition) is 0. The predicted octanol–water partition coefficient (Wildman–Crippen LogP) is 5.58. The maximum absolute atomic E-state index is 4.71. The van der Waals surface area contributed by atoms with Gasteiger partial charge < -0.3 is 0 Å². The van der Waals surface area contributed by atoms with Crippen molar-refractivity contribution in [2.75, 3.05) is 0 Å². The van der Waals surface area contributed by atoms with Crippen LogP contribution in [0.4, 0.5) is 5.69 Å². The summed E-state index contributed by atoms with van der Waals surface area (Å²) in [6, 6.07) is 23.0. The molecule has 25 heavy (non-hydrogen) atoms. The molecule has 0 bridgehead atoms. The van der Waals surface area contributed by atoms with E-state index in [2.05, 4.69) is 60.1 Å². The third kappa shape index (κ3) is 1.91. The van der Waals surface area contributed by atoms with E-state index < -0.39 is 5.41 Å². The second-order valence-electron chi connectivity index (χ2n) is 6.43. The summed E-state index contributed by atoms with van der Waals surface area (Å²) in [6.45, 7) is 4.16. The van der Waals surface area contributed by atoms with Gasteiger partial charge in [0.05, 0.1) is 16.6 Å². The number of fused-ring (bicyclic) bond motifs is 4. The average Bonchev–Trinajstić information content (AvgIpc) is 3.08. The van der Waals surface area contributed by atoms with Crippen molar-refractivity contribution in [3.05, 3.63) is 96.7 Å². The summed E-state index contributed by atoms with van der Waals surface area (Å²) in [5.41, 5.74) is 3.84. The highest BCUT2D eigenvalue weighted by molar-refractivity contribution is 6.02. The SMILES string of the molecule is C=CC1(c2cnc3ccccc3c2)C=Nc2ccc3ccccc3c21. The van der Waals surface area contributed by atoms with Crippen molar-refractivity contribution in [2.24, 2.45) is 4.99 Å². The van der Waals surface area contributed by atoms with E-state index in [9.17, 15) is 0 Å². The second kappa shape index (κ2) is 5.12. The summed E-state index contributed by atoms with van der Waals surface area (Å²) in [4.78, 5) is 9.37. The van der Waals surface area contributed by atoms with Crippen molar-refractivity contribution < 1.29 is 0 Å². The Hall–Kier alpha value is -3.26. The van der Waals surface area contributed by atoms with E-state index in [1.807, 2.05) is 36.7 Å². The maximum atomic E-state index is 4.71. The summed E-state index contributed by atoms with van der Waals surface area (Å²) < 4.78 is 0. The zero-order valence-corrected chi connectivity index (χ0v) is 13.7. The van der Waals surface area contributed by atoms with E-state index in [-0.39, 0.29) is 0 Å². The first-order chi connectivity index (χ1) is 12.3. The van der Waals surface area contributed by atoms with Gasteiger partial charge in [0.15, 0.2) is 0 Å². The predicted molar refractivity (Wildman–Crippen MR) is 105 cm³/mol. The van der Waals surface area contributed by atoms with Gasteiger partial charge in [0, 0.05) is 23.4 Å². The Morgan fingerprint density at radius 2 is 1.68 bits per heavy atom. The van der Waals surface area contributed by atoms with Crippen LogP contribution in [-0.4, -0.2) is 11.2 Å². The van der Waals surface area contributed by atoms with Crippen LogP contribution in [0.2, 0.25) is 0 Å². The maximum Gasteiger partial charge on any atom is 0.0774 e. The Morgan fingerprint density at radius 1 is 0.880 bits per heavy atom. The van der Waals surface area contributed by atoms with E-state index in [0.717, 1.165) is 22.2 Å². The zero-order chi connectivity index (χ0) is 16.9. The molecule has 3 aromatic carbocycles. The largest absolute Gasteiger partial charge is 0.259 e. The van der Waals surface area contributed by atoms with Crippen LogP contribution in [0, 0.1) is 0 Å². The van der Waals surface area contributed by atoms with Crippen LogP contribution in [0.1, 0.15) is 11.1 Å². The average molecular weight is 320 g/mol. The fraction of sp³-hybridized carbons (Fsp3) is 0.0435. The molecule has 1 aliphatic heterocycles. The van der Waals surface area contributed by atoms with Gasteiger partial charge in [0.1, 0.15) is 0 Å². The number of hydrogen-bond acceptors (Lipinski definition) is 2. The number of benzene rings is 3. The Balaban J connectivity index is 1.84. The summed E-state index contributed by atoms with van der Waals surface area (Å²) >= 11 is 0. The van der Waals surface area contributed by atoms with Gasteiger partial charge in [-0.2, -0.15) is 0 Å². The summed E-state index contributed by atoms with van der Waals surface area (Å²) in [6.07, 6.45) is 5.94. The number of pyridine rings is 1. The van der Waals surface area contributed by atoms with Crippen LogP contribution in [-0.2, 0) is 5.41 Å². The van der Waals surface area contributed by atoms with Gasteiger partial charge in [-0.15, -0.1) is 6.58 Å². The van der Waals surface area contributed by atoms with E-state index in [1.165, 1.54) is 16.3 Å². The molecule has 118 valence electrons. The molecule has 1 aliphatic rings. The van der Waals surface area contributed by atoms with Crippen LogP contribution >= 0.6 is 0 Å². The quantitative estimate of drug-likeness (QED) is 0.443. The van der Waals surface area contributed by atoms with Gasteiger partial charge >= 0.3 is 0 Å². The van der Waals surface area contributed by atoms with E-state index in [0.29, 0.717) is 0 Å². The number of aliphatic imine (C=N–C) groups is 1. The molecule has 2 heteroatoms. The molecule has 0 radical (unpaired) electrons. The highest BCUT2D eigenvalue weighted by Gasteiger charge is 2.37. The highest BCUT2D eigenvalue weighted by Crippen LogP contribution is 2.46. The third-order valence-corrected chi connectivity index (χ3v) is 5.12. The first-order valence-corrected chi connectivity index (χ1v) is 8.38. The third-order valence-electron chi connectivity index (χ3n) is 5.12. The molecule has 0 spiro atoms. The molecule has 2 heterocycles. The van der Waals surface area contributed by atoms with E-state index in [1.54, 1.807) is 0 Å². The van der Waals surface area contributed by atoms with E-state index >= 15 is 0 Å².